The van der Waals surface area contributed by atoms with Crippen LogP contribution in [-0.4, -0.2) is 47.4 Å². The van der Waals surface area contributed by atoms with Gasteiger partial charge in [-0.2, -0.15) is 0 Å². The van der Waals surface area contributed by atoms with Gasteiger partial charge < -0.3 is 15.5 Å². The first kappa shape index (κ1) is 22.4. The van der Waals surface area contributed by atoms with E-state index in [1.807, 2.05) is 0 Å². The molecule has 6 nitrogen and oxygen atoms in total. The molecule has 160 valence electrons. The summed E-state index contributed by atoms with van der Waals surface area (Å²) in [4.78, 5) is 39.7. The van der Waals surface area contributed by atoms with Crippen LogP contribution in [0.1, 0.15) is 45.9 Å². The number of rotatable bonds is 5. The Kier molecular flexibility index (Phi) is 6.62. The Labute approximate surface area is 187 Å². The fourth-order valence-electron chi connectivity index (χ4n) is 3.18. The number of benzene rings is 1. The average molecular weight is 496 g/mol. The van der Waals surface area contributed by atoms with Gasteiger partial charge in [0.05, 0.1) is 15.2 Å². The molecule has 2 aromatic rings. The van der Waals surface area contributed by atoms with Gasteiger partial charge in [0.15, 0.2) is 0 Å². The highest BCUT2D eigenvalue weighted by molar-refractivity contribution is 9.11. The van der Waals surface area contributed by atoms with Crippen LogP contribution in [-0.2, 0) is 4.79 Å². The van der Waals surface area contributed by atoms with Crippen molar-refractivity contribution in [2.45, 2.75) is 38.9 Å². The lowest BCUT2D eigenvalue weighted by Gasteiger charge is -2.25. The van der Waals surface area contributed by atoms with Gasteiger partial charge in [-0.25, -0.2) is 4.39 Å². The summed E-state index contributed by atoms with van der Waals surface area (Å²) in [5, 5.41) is 5.52. The van der Waals surface area contributed by atoms with Crippen molar-refractivity contribution in [3.05, 3.63) is 50.1 Å². The van der Waals surface area contributed by atoms with E-state index in [0.717, 1.165) is 3.79 Å². The number of hydrogen-bond acceptors (Lipinski definition) is 4. The van der Waals surface area contributed by atoms with E-state index in [1.165, 1.54) is 16.2 Å². The van der Waals surface area contributed by atoms with Gasteiger partial charge in [-0.15, -0.1) is 11.3 Å². The maximum Gasteiger partial charge on any atom is 0.262 e. The summed E-state index contributed by atoms with van der Waals surface area (Å²) in [5.74, 6) is -0.926. The van der Waals surface area contributed by atoms with Gasteiger partial charge in [0.25, 0.3) is 11.8 Å². The number of nitrogens with one attached hydrogen (secondary N) is 2. The quantitative estimate of drug-likeness (QED) is 0.653. The van der Waals surface area contributed by atoms with Crippen LogP contribution in [0, 0.1) is 6.92 Å². The summed E-state index contributed by atoms with van der Waals surface area (Å²) in [7, 11) is 0. The molecular weight excluding hydrogens is 473 g/mol. The molecule has 3 amide bonds. The summed E-state index contributed by atoms with van der Waals surface area (Å²) in [5.41, 5.74) is 0.533. The Bertz CT molecular complexity index is 992. The zero-order chi connectivity index (χ0) is 22.1. The van der Waals surface area contributed by atoms with Crippen molar-refractivity contribution < 1.29 is 18.8 Å². The number of amides is 3. The number of carbonyl (C=O) groups is 3. The lowest BCUT2D eigenvalue weighted by atomic mass is 10.0. The predicted molar refractivity (Wildman–Crippen MR) is 119 cm³/mol. The molecule has 1 aromatic carbocycles. The van der Waals surface area contributed by atoms with Crippen LogP contribution in [0.3, 0.4) is 0 Å². The number of nitrogens with zero attached hydrogens (tertiary/aromatic N) is 1. The molecule has 0 saturated carbocycles. The second-order valence-corrected chi connectivity index (χ2v) is 10.3. The summed E-state index contributed by atoms with van der Waals surface area (Å²) in [6.07, 6.45) is -0.608. The third kappa shape index (κ3) is 5.07. The van der Waals surface area contributed by atoms with Gasteiger partial charge in [-0.3, -0.25) is 14.4 Å². The van der Waals surface area contributed by atoms with Gasteiger partial charge in [0.1, 0.15) is 11.7 Å². The molecule has 2 heterocycles. The molecule has 0 aliphatic carbocycles. The summed E-state index contributed by atoms with van der Waals surface area (Å²) in [6.45, 7) is 5.54. The first-order valence-corrected chi connectivity index (χ1v) is 11.1. The zero-order valence-electron chi connectivity index (χ0n) is 16.9. The molecule has 1 atom stereocenters. The highest BCUT2D eigenvalue weighted by atomic mass is 79.9. The van der Waals surface area contributed by atoms with Crippen molar-refractivity contribution in [2.75, 3.05) is 18.4 Å². The van der Waals surface area contributed by atoms with Crippen molar-refractivity contribution in [3.8, 4) is 0 Å². The minimum Gasteiger partial charge on any atom is -0.337 e. The SMILES string of the molecule is Cc1cc(NC(=O)C(C)(C)NC(=O)c2ccc(Br)s2)ccc1C(=O)N1CCC(F)C1. The van der Waals surface area contributed by atoms with Gasteiger partial charge in [0, 0.05) is 17.8 Å². The van der Waals surface area contributed by atoms with E-state index >= 15 is 0 Å². The normalized spacial score (nSPS) is 16.4. The third-order valence-corrected chi connectivity index (χ3v) is 6.55. The van der Waals surface area contributed by atoms with E-state index < -0.39 is 11.7 Å². The molecule has 1 fully saturated rings. The monoisotopic (exact) mass is 495 g/mol. The number of carbonyl (C=O) groups excluding carboxylic acids is 3. The molecule has 30 heavy (non-hydrogen) atoms. The van der Waals surface area contributed by atoms with Crippen LogP contribution < -0.4 is 10.6 Å². The molecule has 1 unspecified atom stereocenters. The number of alkyl halides is 1. The maximum absolute atomic E-state index is 13.4. The molecule has 3 rings (SSSR count). The topological polar surface area (TPSA) is 78.5 Å². The molecule has 9 heteroatoms. The number of hydrogen-bond donors (Lipinski definition) is 2. The van der Waals surface area contributed by atoms with Crippen LogP contribution in [0.15, 0.2) is 34.1 Å². The summed E-state index contributed by atoms with van der Waals surface area (Å²) >= 11 is 4.60. The molecule has 0 radical (unpaired) electrons. The lowest BCUT2D eigenvalue weighted by molar-refractivity contribution is -0.120. The first-order valence-electron chi connectivity index (χ1n) is 9.50. The minimum absolute atomic E-state index is 0.117. The van der Waals surface area contributed by atoms with E-state index in [-0.39, 0.29) is 24.3 Å². The number of thiophene rings is 1. The van der Waals surface area contributed by atoms with Gasteiger partial charge in [-0.05, 0) is 79.0 Å². The van der Waals surface area contributed by atoms with Crippen LogP contribution in [0.4, 0.5) is 10.1 Å². The standard InChI is InChI=1S/C21H23BrFN3O3S/c1-12-10-14(4-5-15(12)19(28)26-9-8-13(23)11-26)24-20(29)21(2,3)25-18(27)16-6-7-17(22)30-16/h4-7,10,13H,8-9,11H2,1-3H3,(H,24,29)(H,25,27). The Morgan fingerprint density at radius 2 is 1.97 bits per heavy atom. The molecule has 2 N–H and O–H groups in total. The number of likely N-dealkylation sites (tertiary alicyclic amines) is 1. The highest BCUT2D eigenvalue weighted by Gasteiger charge is 2.31. The number of aryl methyl sites for hydroxylation is 1. The molecule has 1 aliphatic heterocycles. The largest absolute Gasteiger partial charge is 0.337 e. The number of halogens is 2. The van der Waals surface area contributed by atoms with E-state index in [0.29, 0.717) is 34.7 Å². The average Bonchev–Trinajstić information content (AvgIpc) is 3.29. The molecule has 1 aromatic heterocycles. The van der Waals surface area contributed by atoms with Gasteiger partial charge >= 0.3 is 0 Å². The van der Waals surface area contributed by atoms with Crippen LogP contribution >= 0.6 is 27.3 Å². The second-order valence-electron chi connectivity index (χ2n) is 7.80. The fraction of sp³-hybridized carbons (Fsp3) is 0.381. The van der Waals surface area contributed by atoms with Crippen molar-refractivity contribution in [3.63, 3.8) is 0 Å². The Hall–Kier alpha value is -2.26. The van der Waals surface area contributed by atoms with E-state index in [4.69, 9.17) is 0 Å². The molecule has 1 aliphatic rings. The predicted octanol–water partition coefficient (Wildman–Crippen LogP) is 4.15. The van der Waals surface area contributed by atoms with E-state index in [2.05, 4.69) is 26.6 Å². The van der Waals surface area contributed by atoms with Gasteiger partial charge in [-0.1, -0.05) is 0 Å². The molecule has 0 bridgehead atoms. The van der Waals surface area contributed by atoms with Crippen molar-refractivity contribution in [1.82, 2.24) is 10.2 Å². The van der Waals surface area contributed by atoms with Crippen LogP contribution in [0.25, 0.3) is 0 Å². The molecule has 1 saturated heterocycles. The third-order valence-electron chi connectivity index (χ3n) is 4.92. The van der Waals surface area contributed by atoms with E-state index in [9.17, 15) is 18.8 Å². The second kappa shape index (κ2) is 8.85. The molecular formula is C21H23BrFN3O3S. The first-order chi connectivity index (χ1) is 14.1. The number of anilines is 1. The van der Waals surface area contributed by atoms with E-state index in [1.54, 1.807) is 51.1 Å². The smallest absolute Gasteiger partial charge is 0.262 e. The lowest BCUT2D eigenvalue weighted by Crippen LogP contribution is -2.52. The molecule has 0 spiro atoms. The van der Waals surface area contributed by atoms with Crippen LogP contribution in [0.5, 0.6) is 0 Å². The maximum atomic E-state index is 13.4. The van der Waals surface area contributed by atoms with Crippen molar-refractivity contribution in [2.24, 2.45) is 0 Å². The Balaban J connectivity index is 1.66. The Morgan fingerprint density at radius 3 is 2.53 bits per heavy atom. The summed E-state index contributed by atoms with van der Waals surface area (Å²) in [6, 6.07) is 8.42. The van der Waals surface area contributed by atoms with Crippen LogP contribution in [0.2, 0.25) is 0 Å². The zero-order valence-corrected chi connectivity index (χ0v) is 19.3. The van der Waals surface area contributed by atoms with Crippen molar-refractivity contribution >= 4 is 50.7 Å². The fourth-order valence-corrected chi connectivity index (χ4v) is 4.46. The van der Waals surface area contributed by atoms with Gasteiger partial charge in [0.2, 0.25) is 5.91 Å². The highest BCUT2D eigenvalue weighted by Crippen LogP contribution is 2.24. The van der Waals surface area contributed by atoms with Crippen molar-refractivity contribution in [1.29, 1.82) is 0 Å². The minimum atomic E-state index is -1.15. The Morgan fingerprint density at radius 1 is 1.23 bits per heavy atom. The summed E-state index contributed by atoms with van der Waals surface area (Å²) < 4.78 is 14.2.